The first-order valence-corrected chi connectivity index (χ1v) is 12.8. The number of nitrogens with zero attached hydrogens (tertiary/aromatic N) is 3. The minimum absolute atomic E-state index is 0.164. The summed E-state index contributed by atoms with van der Waals surface area (Å²) < 4.78 is 32.0. The van der Waals surface area contributed by atoms with Gasteiger partial charge in [-0.15, -0.1) is 0 Å². The third kappa shape index (κ3) is 6.32. The topological polar surface area (TPSA) is 129 Å². The molecule has 10 heteroatoms. The van der Waals surface area contributed by atoms with Gasteiger partial charge < -0.3 is 9.64 Å². The average molecular weight is 485 g/mol. The van der Waals surface area contributed by atoms with E-state index in [1.54, 1.807) is 13.8 Å². The van der Waals surface area contributed by atoms with Crippen LogP contribution in [-0.4, -0.2) is 50.7 Å². The molecule has 0 spiro atoms. The van der Waals surface area contributed by atoms with Gasteiger partial charge in [0.2, 0.25) is 15.9 Å². The lowest BCUT2D eigenvalue weighted by Crippen LogP contribution is -2.43. The maximum Gasteiger partial charge on any atom is 0.340 e. The number of sulfonamides is 1. The Morgan fingerprint density at radius 1 is 1.24 bits per heavy atom. The molecule has 9 nitrogen and oxygen atoms in total. The van der Waals surface area contributed by atoms with E-state index in [4.69, 9.17) is 4.74 Å². The highest BCUT2D eigenvalue weighted by molar-refractivity contribution is 7.90. The van der Waals surface area contributed by atoms with Gasteiger partial charge in [0, 0.05) is 19.0 Å². The van der Waals surface area contributed by atoms with E-state index >= 15 is 0 Å². The lowest BCUT2D eigenvalue weighted by Gasteiger charge is -2.32. The van der Waals surface area contributed by atoms with Crippen LogP contribution in [0.5, 0.6) is 0 Å². The van der Waals surface area contributed by atoms with Crippen molar-refractivity contribution in [2.45, 2.75) is 33.1 Å². The number of esters is 1. The second kappa shape index (κ2) is 11.1. The fourth-order valence-corrected chi connectivity index (χ4v) is 4.95. The molecule has 0 saturated carbocycles. The van der Waals surface area contributed by atoms with Crippen molar-refractivity contribution < 1.29 is 22.7 Å². The van der Waals surface area contributed by atoms with Gasteiger partial charge in [0.25, 0.3) is 0 Å². The molecule has 1 aromatic carbocycles. The molecule has 180 valence electrons. The number of benzene rings is 1. The summed E-state index contributed by atoms with van der Waals surface area (Å²) in [4.78, 5) is 31.0. The quantitative estimate of drug-likeness (QED) is 0.565. The highest BCUT2D eigenvalue weighted by atomic mass is 32.2. The van der Waals surface area contributed by atoms with Crippen molar-refractivity contribution >= 4 is 27.7 Å². The van der Waals surface area contributed by atoms with E-state index in [1.807, 2.05) is 35.2 Å². The van der Waals surface area contributed by atoms with Crippen molar-refractivity contribution in [3.8, 4) is 6.07 Å². The first-order chi connectivity index (χ1) is 16.2. The molecule has 2 aromatic rings. The highest BCUT2D eigenvalue weighted by Gasteiger charge is 2.29. The van der Waals surface area contributed by atoms with Crippen LogP contribution in [0.25, 0.3) is 0 Å². The molecule has 1 aliphatic rings. The van der Waals surface area contributed by atoms with Gasteiger partial charge in [-0.3, -0.25) is 9.52 Å². The van der Waals surface area contributed by atoms with Crippen LogP contribution in [0.2, 0.25) is 0 Å². The molecule has 1 fully saturated rings. The summed E-state index contributed by atoms with van der Waals surface area (Å²) in [5.74, 6) is -1.20. The van der Waals surface area contributed by atoms with E-state index in [2.05, 4.69) is 15.8 Å². The van der Waals surface area contributed by atoms with E-state index in [1.165, 1.54) is 6.07 Å². The van der Waals surface area contributed by atoms with Crippen LogP contribution >= 0.6 is 0 Å². The minimum Gasteiger partial charge on any atom is -0.462 e. The van der Waals surface area contributed by atoms with Crippen molar-refractivity contribution in [3.63, 3.8) is 0 Å². The number of carbonyl (C=O) groups is 2. The summed E-state index contributed by atoms with van der Waals surface area (Å²) in [6, 6.07) is 12.8. The van der Waals surface area contributed by atoms with Crippen LogP contribution in [0.4, 0.5) is 5.82 Å². The number of carbonyl (C=O) groups excluding carboxylic acids is 2. The predicted molar refractivity (Wildman–Crippen MR) is 127 cm³/mol. The number of anilines is 1. The molecule has 0 bridgehead atoms. The zero-order chi connectivity index (χ0) is 24.7. The van der Waals surface area contributed by atoms with Crippen molar-refractivity contribution in [2.75, 3.05) is 30.3 Å². The van der Waals surface area contributed by atoms with E-state index in [-0.39, 0.29) is 23.5 Å². The van der Waals surface area contributed by atoms with Crippen LogP contribution in [0.3, 0.4) is 0 Å². The number of rotatable bonds is 8. The van der Waals surface area contributed by atoms with Gasteiger partial charge in [0.1, 0.15) is 11.9 Å². The van der Waals surface area contributed by atoms with Crippen molar-refractivity contribution in [3.05, 3.63) is 58.8 Å². The number of aromatic nitrogens is 1. The first-order valence-electron chi connectivity index (χ1n) is 11.2. The van der Waals surface area contributed by atoms with Gasteiger partial charge in [-0.1, -0.05) is 30.3 Å². The summed E-state index contributed by atoms with van der Waals surface area (Å²) in [6.45, 7) is 4.47. The molecule has 0 radical (unpaired) electrons. The Kier molecular flexibility index (Phi) is 8.23. The summed E-state index contributed by atoms with van der Waals surface area (Å²) in [7, 11) is -3.74. The predicted octanol–water partition coefficient (Wildman–Crippen LogP) is 2.34. The fraction of sp³-hybridized carbons (Fsp3) is 0.417. The largest absolute Gasteiger partial charge is 0.462 e. The van der Waals surface area contributed by atoms with Crippen LogP contribution in [0.15, 0.2) is 36.4 Å². The van der Waals surface area contributed by atoms with Gasteiger partial charge in [-0.2, -0.15) is 5.26 Å². The lowest BCUT2D eigenvalue weighted by molar-refractivity contribution is -0.123. The summed E-state index contributed by atoms with van der Waals surface area (Å²) in [6.07, 6.45) is 1.17. The second-order valence-electron chi connectivity index (χ2n) is 8.11. The van der Waals surface area contributed by atoms with Gasteiger partial charge >= 0.3 is 5.97 Å². The molecule has 1 N–H and O–H groups in total. The molecule has 0 unspecified atom stereocenters. The molecule has 3 rings (SSSR count). The molecular weight excluding hydrogens is 456 g/mol. The smallest absolute Gasteiger partial charge is 0.340 e. The maximum atomic E-state index is 12.6. The maximum absolute atomic E-state index is 12.6. The van der Waals surface area contributed by atoms with Crippen molar-refractivity contribution in [1.82, 2.24) is 9.71 Å². The Labute approximate surface area is 199 Å². The van der Waals surface area contributed by atoms with Gasteiger partial charge in [-0.25, -0.2) is 18.2 Å². The monoisotopic (exact) mass is 484 g/mol. The standard InChI is InChI=1S/C24H28N4O5S/c1-3-33-24(30)21-15-20(16-25)22(26-17(21)2)28-12-9-19(10-13-28)23(29)27-34(31,32)14-11-18-7-5-4-6-8-18/h4-8,15,19H,3,9-14H2,1-2H3,(H,27,29). The van der Waals surface area contributed by atoms with Gasteiger partial charge in [0.05, 0.1) is 29.2 Å². The Bertz CT molecular complexity index is 1180. The number of nitriles is 1. The number of hydrogen-bond acceptors (Lipinski definition) is 8. The molecule has 1 saturated heterocycles. The number of nitrogens with one attached hydrogen (secondary N) is 1. The Morgan fingerprint density at radius 2 is 1.91 bits per heavy atom. The minimum atomic E-state index is -3.74. The van der Waals surface area contributed by atoms with E-state index in [0.29, 0.717) is 43.9 Å². The number of pyridine rings is 1. The molecule has 0 aliphatic carbocycles. The SMILES string of the molecule is CCOC(=O)c1cc(C#N)c(N2CCC(C(=O)NS(=O)(=O)CCc3ccccc3)CC2)nc1C. The molecular formula is C24H28N4O5S. The lowest BCUT2D eigenvalue weighted by atomic mass is 9.96. The van der Waals surface area contributed by atoms with E-state index < -0.39 is 27.8 Å². The van der Waals surface area contributed by atoms with Crippen LogP contribution in [0, 0.1) is 24.2 Å². The average Bonchev–Trinajstić information content (AvgIpc) is 2.83. The molecule has 1 aliphatic heterocycles. The Balaban J connectivity index is 1.60. The number of aryl methyl sites for hydroxylation is 2. The summed E-state index contributed by atoms with van der Waals surface area (Å²) in [5, 5.41) is 9.58. The second-order valence-corrected chi connectivity index (χ2v) is 9.95. The van der Waals surface area contributed by atoms with E-state index in [9.17, 15) is 23.3 Å². The molecule has 2 heterocycles. The summed E-state index contributed by atoms with van der Waals surface area (Å²) >= 11 is 0. The molecule has 0 atom stereocenters. The molecule has 1 amide bonds. The highest BCUT2D eigenvalue weighted by Crippen LogP contribution is 2.27. The van der Waals surface area contributed by atoms with E-state index in [0.717, 1.165) is 5.56 Å². The third-order valence-corrected chi connectivity index (χ3v) is 6.99. The number of hydrogen-bond donors (Lipinski definition) is 1. The normalized spacial score (nSPS) is 14.3. The first kappa shape index (κ1) is 25.2. The van der Waals surface area contributed by atoms with Crippen LogP contribution in [0.1, 0.15) is 46.9 Å². The third-order valence-electron chi connectivity index (χ3n) is 5.73. The molecule has 1 aromatic heterocycles. The van der Waals surface area contributed by atoms with Crippen LogP contribution < -0.4 is 9.62 Å². The Morgan fingerprint density at radius 3 is 2.53 bits per heavy atom. The van der Waals surface area contributed by atoms with Crippen molar-refractivity contribution in [1.29, 1.82) is 5.26 Å². The fourth-order valence-electron chi connectivity index (χ4n) is 3.87. The van der Waals surface area contributed by atoms with Gasteiger partial charge in [0.15, 0.2) is 0 Å². The zero-order valence-electron chi connectivity index (χ0n) is 19.3. The number of amides is 1. The van der Waals surface area contributed by atoms with Crippen LogP contribution in [-0.2, 0) is 26.0 Å². The van der Waals surface area contributed by atoms with Gasteiger partial charge in [-0.05, 0) is 44.7 Å². The Hall–Kier alpha value is -3.45. The number of ether oxygens (including phenoxy) is 1. The summed E-state index contributed by atoms with van der Waals surface area (Å²) in [5.41, 5.74) is 1.84. The molecule has 34 heavy (non-hydrogen) atoms. The number of piperidine rings is 1. The van der Waals surface area contributed by atoms with Crippen molar-refractivity contribution in [2.24, 2.45) is 5.92 Å². The zero-order valence-corrected chi connectivity index (χ0v) is 20.1.